The Labute approximate surface area is 108 Å². The Kier molecular flexibility index (Phi) is 3.41. The first-order valence-electron chi connectivity index (χ1n) is 5.58. The van der Waals surface area contributed by atoms with E-state index >= 15 is 0 Å². The van der Waals surface area contributed by atoms with Crippen LogP contribution in [0.15, 0.2) is 24.3 Å². The van der Waals surface area contributed by atoms with Crippen LogP contribution in [0.4, 0.5) is 0 Å². The number of amides is 2. The summed E-state index contributed by atoms with van der Waals surface area (Å²) in [6, 6.07) is 6.34. The maximum absolute atomic E-state index is 11.9. The molecule has 1 aromatic carbocycles. The van der Waals surface area contributed by atoms with E-state index in [0.29, 0.717) is 0 Å². The normalized spacial score (nSPS) is 13.4. The van der Waals surface area contributed by atoms with Gasteiger partial charge in [-0.25, -0.2) is 0 Å². The number of hydrogen-bond donors (Lipinski definition) is 0. The van der Waals surface area contributed by atoms with Crippen molar-refractivity contribution in [3.05, 3.63) is 35.4 Å². The Morgan fingerprint density at radius 3 is 2.11 bits per heavy atom. The minimum absolute atomic E-state index is 0.276. The monoisotopic (exact) mass is 261 g/mol. The van der Waals surface area contributed by atoms with Crippen molar-refractivity contribution in [2.75, 3.05) is 13.7 Å². The molecule has 6 heteroatoms. The van der Waals surface area contributed by atoms with E-state index in [2.05, 4.69) is 4.74 Å². The lowest BCUT2D eigenvalue weighted by molar-refractivity contribution is -0.143. The number of carbonyl (C=O) groups excluding carboxylic acids is 4. The van der Waals surface area contributed by atoms with Crippen LogP contribution in [-0.2, 0) is 14.3 Å². The number of methoxy groups -OCH3 is 1. The number of esters is 1. The largest absolute Gasteiger partial charge is 0.469 e. The highest BCUT2D eigenvalue weighted by atomic mass is 16.5. The summed E-state index contributed by atoms with van der Waals surface area (Å²) in [7, 11) is 1.16. The van der Waals surface area contributed by atoms with E-state index in [0.717, 1.165) is 12.0 Å². The van der Waals surface area contributed by atoms with E-state index in [1.54, 1.807) is 12.1 Å². The molecule has 0 aliphatic carbocycles. The summed E-state index contributed by atoms with van der Waals surface area (Å²) >= 11 is 0. The van der Waals surface area contributed by atoms with Gasteiger partial charge in [0.15, 0.2) is 5.78 Å². The van der Waals surface area contributed by atoms with Gasteiger partial charge in [-0.3, -0.25) is 24.1 Å². The molecule has 0 spiro atoms. The van der Waals surface area contributed by atoms with Crippen molar-refractivity contribution in [3.63, 3.8) is 0 Å². The third-order valence-corrected chi connectivity index (χ3v) is 2.78. The predicted octanol–water partition coefficient (Wildman–Crippen LogP) is 0.415. The van der Waals surface area contributed by atoms with Gasteiger partial charge in [0, 0.05) is 0 Å². The van der Waals surface area contributed by atoms with Crippen LogP contribution in [0.1, 0.15) is 27.1 Å². The summed E-state index contributed by atoms with van der Waals surface area (Å²) in [6.07, 6.45) is -0.454. The van der Waals surface area contributed by atoms with E-state index in [9.17, 15) is 19.2 Å². The second kappa shape index (κ2) is 5.01. The van der Waals surface area contributed by atoms with Crippen LogP contribution in [0.25, 0.3) is 0 Å². The molecule has 2 rings (SSSR count). The van der Waals surface area contributed by atoms with Crippen LogP contribution in [-0.4, -0.2) is 42.1 Å². The second-order valence-electron chi connectivity index (χ2n) is 4.03. The molecule has 1 aliphatic rings. The van der Waals surface area contributed by atoms with Gasteiger partial charge in [0.05, 0.1) is 24.8 Å². The van der Waals surface area contributed by atoms with Crippen molar-refractivity contribution in [1.29, 1.82) is 0 Å². The molecule has 0 aromatic heterocycles. The summed E-state index contributed by atoms with van der Waals surface area (Å²) in [5, 5.41) is 0. The number of carbonyl (C=O) groups is 4. The lowest BCUT2D eigenvalue weighted by Gasteiger charge is -2.11. The molecule has 1 aromatic rings. The van der Waals surface area contributed by atoms with Gasteiger partial charge in [0.2, 0.25) is 0 Å². The SMILES string of the molecule is COC(=O)CC(=O)CN1C(=O)c2ccccc2C1=O. The maximum Gasteiger partial charge on any atom is 0.313 e. The van der Waals surface area contributed by atoms with Crippen molar-refractivity contribution in [2.45, 2.75) is 6.42 Å². The van der Waals surface area contributed by atoms with Crippen LogP contribution in [0.2, 0.25) is 0 Å². The summed E-state index contributed by atoms with van der Waals surface area (Å²) in [5.74, 6) is -2.26. The van der Waals surface area contributed by atoms with Crippen molar-refractivity contribution in [3.8, 4) is 0 Å². The standard InChI is InChI=1S/C13H11NO5/c1-19-11(16)6-8(15)7-14-12(17)9-4-2-3-5-10(9)13(14)18/h2-5H,6-7H2,1H3. The zero-order valence-electron chi connectivity index (χ0n) is 10.2. The number of ether oxygens (including phenoxy) is 1. The first-order chi connectivity index (χ1) is 9.04. The Bertz CT molecular complexity index is 543. The molecule has 0 atom stereocenters. The number of fused-ring (bicyclic) bond motifs is 1. The smallest absolute Gasteiger partial charge is 0.313 e. The van der Waals surface area contributed by atoms with E-state index in [1.807, 2.05) is 0 Å². The van der Waals surface area contributed by atoms with Crippen molar-refractivity contribution >= 4 is 23.6 Å². The highest BCUT2D eigenvalue weighted by Gasteiger charge is 2.36. The highest BCUT2D eigenvalue weighted by molar-refractivity contribution is 6.22. The second-order valence-corrected chi connectivity index (χ2v) is 4.03. The first kappa shape index (κ1) is 12.9. The summed E-state index contributed by atoms with van der Waals surface area (Å²) < 4.78 is 4.35. The number of benzene rings is 1. The number of hydrogen-bond acceptors (Lipinski definition) is 5. The fourth-order valence-corrected chi connectivity index (χ4v) is 1.85. The Balaban J connectivity index is 2.12. The van der Waals surface area contributed by atoms with Gasteiger partial charge in [-0.1, -0.05) is 12.1 Å². The molecular formula is C13H11NO5. The van der Waals surface area contributed by atoms with E-state index < -0.39 is 36.5 Å². The number of imide groups is 1. The van der Waals surface area contributed by atoms with Gasteiger partial charge in [0.25, 0.3) is 11.8 Å². The van der Waals surface area contributed by atoms with Crippen molar-refractivity contribution < 1.29 is 23.9 Å². The molecule has 1 aliphatic heterocycles. The number of Topliss-reactive ketones (excluding diaryl/α,β-unsaturated/α-hetero) is 1. The van der Waals surface area contributed by atoms with Crippen LogP contribution < -0.4 is 0 Å². The molecule has 98 valence electrons. The minimum atomic E-state index is -0.693. The average molecular weight is 261 g/mol. The number of rotatable bonds is 4. The van der Waals surface area contributed by atoms with Crippen molar-refractivity contribution in [2.24, 2.45) is 0 Å². The predicted molar refractivity (Wildman–Crippen MR) is 63.4 cm³/mol. The molecule has 0 unspecified atom stereocenters. The molecule has 2 amide bonds. The lowest BCUT2D eigenvalue weighted by atomic mass is 10.1. The molecule has 1 heterocycles. The van der Waals surface area contributed by atoms with Gasteiger partial charge in [0.1, 0.15) is 6.42 Å². The van der Waals surface area contributed by atoms with Crippen molar-refractivity contribution in [1.82, 2.24) is 4.90 Å². The molecule has 0 bridgehead atoms. The molecule has 0 saturated heterocycles. The topological polar surface area (TPSA) is 80.8 Å². The maximum atomic E-state index is 11.9. The quantitative estimate of drug-likeness (QED) is 0.445. The fourth-order valence-electron chi connectivity index (χ4n) is 1.85. The molecule has 19 heavy (non-hydrogen) atoms. The Hall–Kier alpha value is -2.50. The fraction of sp³-hybridized carbons (Fsp3) is 0.231. The minimum Gasteiger partial charge on any atom is -0.469 e. The van der Waals surface area contributed by atoms with E-state index in [-0.39, 0.29) is 11.1 Å². The zero-order valence-corrected chi connectivity index (χ0v) is 10.2. The third-order valence-electron chi connectivity index (χ3n) is 2.78. The van der Waals surface area contributed by atoms with Gasteiger partial charge in [-0.15, -0.1) is 0 Å². The summed E-state index contributed by atoms with van der Waals surface area (Å²) in [6.45, 7) is -0.415. The zero-order chi connectivity index (χ0) is 14.0. The van der Waals surface area contributed by atoms with Gasteiger partial charge in [-0.05, 0) is 12.1 Å². The molecule has 0 radical (unpaired) electrons. The van der Waals surface area contributed by atoms with Crippen LogP contribution in [0, 0.1) is 0 Å². The van der Waals surface area contributed by atoms with E-state index in [1.165, 1.54) is 12.1 Å². The molecule has 0 saturated carbocycles. The van der Waals surface area contributed by atoms with E-state index in [4.69, 9.17) is 0 Å². The third kappa shape index (κ3) is 2.37. The summed E-state index contributed by atoms with van der Waals surface area (Å²) in [5.41, 5.74) is 0.553. The van der Waals surface area contributed by atoms with Gasteiger partial charge in [-0.2, -0.15) is 0 Å². The summed E-state index contributed by atoms with van der Waals surface area (Å²) in [4.78, 5) is 47.2. The Morgan fingerprint density at radius 2 is 1.63 bits per heavy atom. The molecule has 6 nitrogen and oxygen atoms in total. The van der Waals surface area contributed by atoms with Crippen LogP contribution in [0.3, 0.4) is 0 Å². The number of ketones is 1. The molecule has 0 fully saturated rings. The highest BCUT2D eigenvalue weighted by Crippen LogP contribution is 2.22. The van der Waals surface area contributed by atoms with Gasteiger partial charge >= 0.3 is 5.97 Å². The van der Waals surface area contributed by atoms with Gasteiger partial charge < -0.3 is 4.74 Å². The number of nitrogens with zero attached hydrogens (tertiary/aromatic N) is 1. The average Bonchev–Trinajstić information content (AvgIpc) is 2.64. The Morgan fingerprint density at radius 1 is 1.11 bits per heavy atom. The molecular weight excluding hydrogens is 250 g/mol. The first-order valence-corrected chi connectivity index (χ1v) is 5.58. The van der Waals surface area contributed by atoms with Crippen LogP contribution in [0.5, 0.6) is 0 Å². The lowest BCUT2D eigenvalue weighted by Crippen LogP contribution is -2.35. The molecule has 0 N–H and O–H groups in total. The van der Waals surface area contributed by atoms with Crippen LogP contribution >= 0.6 is 0 Å².